The summed E-state index contributed by atoms with van der Waals surface area (Å²) in [4.78, 5) is 15.8. The third-order valence-electron chi connectivity index (χ3n) is 5.25. The Kier molecular flexibility index (Phi) is 9.01. The van der Waals surface area contributed by atoms with Crippen LogP contribution in [0.15, 0.2) is 50.3 Å². The number of rotatable bonds is 7. The Balaban J connectivity index is 0.00000300. The van der Waals surface area contributed by atoms with Crippen LogP contribution in [-0.2, 0) is 12.0 Å². The molecule has 158 valence electrons. The van der Waals surface area contributed by atoms with Crippen LogP contribution in [0.3, 0.4) is 0 Å². The number of nitrogens with zero attached hydrogens (tertiary/aromatic N) is 1. The maximum Gasteiger partial charge on any atom is 0.284 e. The number of nitrogens with one attached hydrogen (secondary N) is 2. The van der Waals surface area contributed by atoms with Crippen LogP contribution < -0.4 is 16.4 Å². The van der Waals surface area contributed by atoms with E-state index in [0.29, 0.717) is 12.3 Å². The lowest BCUT2D eigenvalue weighted by molar-refractivity contribution is 0.0972. The van der Waals surface area contributed by atoms with Crippen LogP contribution in [-0.4, -0.2) is 25.0 Å². The normalized spacial score (nSPS) is 15.6. The van der Waals surface area contributed by atoms with Gasteiger partial charge >= 0.3 is 0 Å². The fourth-order valence-electron chi connectivity index (χ4n) is 3.77. The molecule has 1 aliphatic carbocycles. The summed E-state index contributed by atoms with van der Waals surface area (Å²) in [6.07, 6.45) is 4.82. The highest BCUT2D eigenvalue weighted by atomic mass is 127. The molecule has 1 heterocycles. The molecule has 1 aliphatic rings. The molecule has 29 heavy (non-hydrogen) atoms. The van der Waals surface area contributed by atoms with Gasteiger partial charge in [-0.2, -0.15) is 0 Å². The second-order valence-electron chi connectivity index (χ2n) is 7.17. The van der Waals surface area contributed by atoms with Crippen molar-refractivity contribution >= 4 is 51.8 Å². The zero-order valence-corrected chi connectivity index (χ0v) is 20.5. The number of hydrogen-bond donors (Lipinski definition) is 3. The zero-order chi connectivity index (χ0) is 20.0. The van der Waals surface area contributed by atoms with E-state index in [0.717, 1.165) is 23.5 Å². The van der Waals surface area contributed by atoms with Crippen molar-refractivity contribution < 1.29 is 9.21 Å². The highest BCUT2D eigenvalue weighted by Gasteiger charge is 2.35. The number of nitrogens with two attached hydrogens (primary N) is 1. The predicted molar refractivity (Wildman–Crippen MR) is 130 cm³/mol. The van der Waals surface area contributed by atoms with Crippen molar-refractivity contribution in [3.63, 3.8) is 0 Å². The Morgan fingerprint density at radius 2 is 1.86 bits per heavy atom. The van der Waals surface area contributed by atoms with E-state index in [2.05, 4.69) is 55.8 Å². The fraction of sp³-hybridized carbons (Fsp3) is 0.429. The molecule has 1 saturated carbocycles. The van der Waals surface area contributed by atoms with Crippen molar-refractivity contribution in [2.45, 2.75) is 44.6 Å². The minimum Gasteiger partial charge on any atom is -0.454 e. The smallest absolute Gasteiger partial charge is 0.284 e. The Bertz CT molecular complexity index is 829. The number of hydrogen-bond acceptors (Lipinski definition) is 3. The lowest BCUT2D eigenvalue weighted by Gasteiger charge is -2.31. The fourth-order valence-corrected chi connectivity index (χ4v) is 4.03. The molecule has 0 aliphatic heterocycles. The van der Waals surface area contributed by atoms with Crippen LogP contribution in [0.25, 0.3) is 0 Å². The van der Waals surface area contributed by atoms with Crippen LogP contribution in [0.4, 0.5) is 0 Å². The van der Waals surface area contributed by atoms with Crippen molar-refractivity contribution in [1.82, 2.24) is 10.6 Å². The maximum atomic E-state index is 11.2. The molecule has 1 amide bonds. The summed E-state index contributed by atoms with van der Waals surface area (Å²) in [6.45, 7) is 3.97. The molecule has 0 atom stereocenters. The molecule has 3 rings (SSSR count). The number of carbonyl (C=O) groups excluding carboxylic acids is 1. The number of carbonyl (C=O) groups is 1. The minimum absolute atomic E-state index is 0. The van der Waals surface area contributed by atoms with Crippen LogP contribution in [0.5, 0.6) is 0 Å². The molecule has 0 bridgehead atoms. The SMILES string of the molecule is CCNC(=NCc1ccc(C(N)=O)o1)NCC1(c2ccc(Br)cc2)CCCC1.I. The molecule has 4 N–H and O–H groups in total. The Morgan fingerprint density at radius 1 is 1.17 bits per heavy atom. The number of primary amides is 1. The standard InChI is InChI=1S/C21H27BrN4O2.HI/c1-2-24-20(25-13-17-9-10-18(28-17)19(23)27)26-14-21(11-3-4-12-21)15-5-7-16(22)8-6-15;/h5-10H,2-4,11-14H2,1H3,(H2,23,27)(H2,24,25,26);1H. The Hall–Kier alpha value is -1.55. The van der Waals surface area contributed by atoms with E-state index in [4.69, 9.17) is 10.2 Å². The van der Waals surface area contributed by atoms with E-state index in [1.807, 2.05) is 6.92 Å². The number of aliphatic imine (C=N–C) groups is 1. The topological polar surface area (TPSA) is 92.6 Å². The first-order valence-electron chi connectivity index (χ1n) is 9.69. The number of amides is 1. The summed E-state index contributed by atoms with van der Waals surface area (Å²) < 4.78 is 6.51. The Labute approximate surface area is 197 Å². The van der Waals surface area contributed by atoms with Gasteiger partial charge in [-0.1, -0.05) is 40.9 Å². The first kappa shape index (κ1) is 23.7. The van der Waals surface area contributed by atoms with Gasteiger partial charge in [0.25, 0.3) is 5.91 Å². The number of benzene rings is 1. The van der Waals surface area contributed by atoms with Gasteiger partial charge in [0.05, 0.1) is 0 Å². The van der Waals surface area contributed by atoms with E-state index in [9.17, 15) is 4.79 Å². The van der Waals surface area contributed by atoms with Crippen molar-refractivity contribution in [2.24, 2.45) is 10.7 Å². The average molecular weight is 575 g/mol. The molecule has 0 unspecified atom stereocenters. The van der Waals surface area contributed by atoms with Gasteiger partial charge in [0.1, 0.15) is 12.3 Å². The second-order valence-corrected chi connectivity index (χ2v) is 8.09. The Morgan fingerprint density at radius 3 is 2.45 bits per heavy atom. The van der Waals surface area contributed by atoms with Crippen molar-refractivity contribution in [3.8, 4) is 0 Å². The largest absolute Gasteiger partial charge is 0.454 e. The van der Waals surface area contributed by atoms with Crippen LogP contribution >= 0.6 is 39.9 Å². The quantitative estimate of drug-likeness (QED) is 0.261. The summed E-state index contributed by atoms with van der Waals surface area (Å²) in [6, 6.07) is 12.0. The monoisotopic (exact) mass is 574 g/mol. The predicted octanol–water partition coefficient (Wildman–Crippen LogP) is 4.33. The number of furan rings is 1. The highest BCUT2D eigenvalue weighted by molar-refractivity contribution is 14.0. The van der Waals surface area contributed by atoms with Gasteiger partial charge in [0.2, 0.25) is 0 Å². The van der Waals surface area contributed by atoms with Gasteiger partial charge in [-0.3, -0.25) is 4.79 Å². The van der Waals surface area contributed by atoms with Gasteiger partial charge in [0, 0.05) is 23.0 Å². The van der Waals surface area contributed by atoms with Crippen molar-refractivity contribution in [3.05, 3.63) is 58.0 Å². The maximum absolute atomic E-state index is 11.2. The van der Waals surface area contributed by atoms with E-state index in [1.54, 1.807) is 12.1 Å². The molecule has 0 radical (unpaired) electrons. The first-order chi connectivity index (χ1) is 13.5. The summed E-state index contributed by atoms with van der Waals surface area (Å²) in [7, 11) is 0. The molecule has 1 aromatic heterocycles. The van der Waals surface area contributed by atoms with Crippen LogP contribution in [0.1, 0.15) is 54.5 Å². The van der Waals surface area contributed by atoms with Gasteiger partial charge in [-0.15, -0.1) is 24.0 Å². The lowest BCUT2D eigenvalue weighted by Crippen LogP contribution is -2.44. The van der Waals surface area contributed by atoms with E-state index < -0.39 is 5.91 Å². The molecule has 6 nitrogen and oxygen atoms in total. The summed E-state index contributed by atoms with van der Waals surface area (Å²) in [5, 5.41) is 6.79. The molecule has 1 fully saturated rings. The average Bonchev–Trinajstić information content (AvgIpc) is 3.35. The number of halogens is 2. The van der Waals surface area contributed by atoms with Gasteiger partial charge in [0.15, 0.2) is 11.7 Å². The molecule has 8 heteroatoms. The first-order valence-corrected chi connectivity index (χ1v) is 10.5. The molecule has 0 spiro atoms. The molecular weight excluding hydrogens is 547 g/mol. The third-order valence-corrected chi connectivity index (χ3v) is 5.78. The van der Waals surface area contributed by atoms with Crippen LogP contribution in [0.2, 0.25) is 0 Å². The van der Waals surface area contributed by atoms with Crippen LogP contribution in [0, 0.1) is 0 Å². The summed E-state index contributed by atoms with van der Waals surface area (Å²) >= 11 is 3.53. The lowest BCUT2D eigenvalue weighted by atomic mass is 9.79. The molecule has 2 aromatic rings. The molecule has 0 saturated heterocycles. The zero-order valence-electron chi connectivity index (χ0n) is 16.5. The van der Waals surface area contributed by atoms with E-state index >= 15 is 0 Å². The summed E-state index contributed by atoms with van der Waals surface area (Å²) in [5.41, 5.74) is 6.73. The minimum atomic E-state index is -0.571. The van der Waals surface area contributed by atoms with Gasteiger partial charge < -0.3 is 20.8 Å². The molecular formula is C21H28BrIN4O2. The van der Waals surface area contributed by atoms with Crippen molar-refractivity contribution in [1.29, 1.82) is 0 Å². The van der Waals surface area contributed by atoms with E-state index in [1.165, 1.54) is 31.2 Å². The van der Waals surface area contributed by atoms with E-state index in [-0.39, 0.29) is 35.2 Å². The summed E-state index contributed by atoms with van der Waals surface area (Å²) in [5.74, 6) is 0.929. The highest BCUT2D eigenvalue weighted by Crippen LogP contribution is 2.40. The van der Waals surface area contributed by atoms with Gasteiger partial charge in [-0.25, -0.2) is 4.99 Å². The second kappa shape index (κ2) is 11.0. The van der Waals surface area contributed by atoms with Crippen molar-refractivity contribution in [2.75, 3.05) is 13.1 Å². The molecule has 1 aromatic carbocycles. The third kappa shape index (κ3) is 6.21. The van der Waals surface area contributed by atoms with Gasteiger partial charge in [-0.05, 0) is 49.6 Å². The number of guanidine groups is 1.